The van der Waals surface area contributed by atoms with Gasteiger partial charge in [-0.25, -0.2) is 4.98 Å². The number of aliphatic hydroxyl groups is 1. The van der Waals surface area contributed by atoms with Crippen molar-refractivity contribution in [1.29, 1.82) is 5.41 Å². The average molecular weight is 425 g/mol. The minimum atomic E-state index is 0.172. The summed E-state index contributed by atoms with van der Waals surface area (Å²) >= 11 is 1.44. The normalized spacial score (nSPS) is 13.7. The summed E-state index contributed by atoms with van der Waals surface area (Å²) in [6, 6.07) is 27.7. The van der Waals surface area contributed by atoms with E-state index in [0.29, 0.717) is 10.6 Å². The Kier molecular flexibility index (Phi) is 4.98. The topological polar surface area (TPSA) is 72.2 Å². The number of aliphatic hydroxyl groups excluding tert-OH is 1. The number of para-hydroxylation sites is 1. The molecule has 0 bridgehead atoms. The Morgan fingerprint density at radius 1 is 0.871 bits per heavy atom. The molecular weight excluding hydrogens is 404 g/mol. The summed E-state index contributed by atoms with van der Waals surface area (Å²) in [6.07, 6.45) is 0. The Morgan fingerprint density at radius 2 is 1.52 bits per heavy atom. The molecule has 1 aliphatic rings. The Labute approximate surface area is 184 Å². The van der Waals surface area contributed by atoms with Gasteiger partial charge < -0.3 is 15.3 Å². The molecule has 0 saturated heterocycles. The van der Waals surface area contributed by atoms with Crippen LogP contribution in [0.15, 0.2) is 96.1 Å². The van der Waals surface area contributed by atoms with E-state index >= 15 is 0 Å². The molecule has 0 amide bonds. The van der Waals surface area contributed by atoms with Crippen LogP contribution in [-0.2, 0) is 0 Å². The molecule has 0 fully saturated rings. The first kappa shape index (κ1) is 19.1. The summed E-state index contributed by atoms with van der Waals surface area (Å²) in [4.78, 5) is 6.47. The van der Waals surface area contributed by atoms with Crippen molar-refractivity contribution < 1.29 is 5.11 Å². The maximum absolute atomic E-state index is 10.6. The molecule has 3 aromatic carbocycles. The van der Waals surface area contributed by atoms with Gasteiger partial charge in [0.25, 0.3) is 0 Å². The number of anilines is 3. The van der Waals surface area contributed by atoms with E-state index < -0.39 is 0 Å². The lowest BCUT2D eigenvalue weighted by atomic mass is 10.2. The van der Waals surface area contributed by atoms with Crippen molar-refractivity contribution in [2.24, 2.45) is 0 Å². The average Bonchev–Trinajstić information content (AvgIpc) is 3.40. The summed E-state index contributed by atoms with van der Waals surface area (Å²) in [5.41, 5.74) is 5.20. The van der Waals surface area contributed by atoms with Gasteiger partial charge in [-0.1, -0.05) is 48.5 Å². The Morgan fingerprint density at radius 3 is 2.23 bits per heavy atom. The molecule has 0 unspecified atom stereocenters. The first-order valence-electron chi connectivity index (χ1n) is 9.91. The fraction of sp³-hybridized carbons (Fsp3) is 0.0400. The molecular formula is C25H20N4OS. The third-order valence-electron chi connectivity index (χ3n) is 5.13. The van der Waals surface area contributed by atoms with Crippen molar-refractivity contribution in [3.8, 4) is 11.3 Å². The standard InChI is InChI=1S/C25H20N4OS/c26-24-23(25-28-21(16-31-25)17-7-3-1-4-8-17)22(30)15-29(24)20-13-11-19(12-14-20)27-18-9-5-2-6-10-18/h1-14,16,26-27,30H,15H2. The number of hydrogen-bond acceptors (Lipinski definition) is 5. The van der Waals surface area contributed by atoms with Gasteiger partial charge in [0.2, 0.25) is 0 Å². The highest BCUT2D eigenvalue weighted by Gasteiger charge is 2.31. The van der Waals surface area contributed by atoms with E-state index in [2.05, 4.69) is 10.3 Å². The van der Waals surface area contributed by atoms with Crippen molar-refractivity contribution >= 4 is 39.8 Å². The van der Waals surface area contributed by atoms with Crippen LogP contribution in [0.2, 0.25) is 0 Å². The quantitative estimate of drug-likeness (QED) is 0.350. The highest BCUT2D eigenvalue weighted by molar-refractivity contribution is 7.11. The molecule has 1 aliphatic heterocycles. The molecule has 0 saturated carbocycles. The summed E-state index contributed by atoms with van der Waals surface area (Å²) in [6.45, 7) is 0.264. The van der Waals surface area contributed by atoms with Crippen molar-refractivity contribution in [1.82, 2.24) is 4.98 Å². The second-order valence-corrected chi connectivity index (χ2v) is 8.06. The van der Waals surface area contributed by atoms with Gasteiger partial charge in [-0.2, -0.15) is 0 Å². The number of nitrogens with one attached hydrogen (secondary N) is 2. The minimum absolute atomic E-state index is 0.172. The van der Waals surface area contributed by atoms with Gasteiger partial charge in [-0.15, -0.1) is 11.3 Å². The molecule has 3 N–H and O–H groups in total. The number of amidine groups is 1. The number of thiazole rings is 1. The van der Waals surface area contributed by atoms with Gasteiger partial charge in [-0.3, -0.25) is 5.41 Å². The Balaban J connectivity index is 1.34. The number of rotatable bonds is 5. The van der Waals surface area contributed by atoms with E-state index in [-0.39, 0.29) is 18.1 Å². The van der Waals surface area contributed by atoms with Gasteiger partial charge in [0.15, 0.2) is 0 Å². The first-order valence-corrected chi connectivity index (χ1v) is 10.8. The van der Waals surface area contributed by atoms with Crippen LogP contribution in [0.25, 0.3) is 16.8 Å². The van der Waals surface area contributed by atoms with Gasteiger partial charge >= 0.3 is 0 Å². The van der Waals surface area contributed by atoms with E-state index in [1.165, 1.54) is 11.3 Å². The predicted molar refractivity (Wildman–Crippen MR) is 128 cm³/mol. The van der Waals surface area contributed by atoms with E-state index in [4.69, 9.17) is 5.41 Å². The lowest BCUT2D eigenvalue weighted by molar-refractivity contribution is 0.411. The second-order valence-electron chi connectivity index (χ2n) is 7.20. The van der Waals surface area contributed by atoms with E-state index in [0.717, 1.165) is 28.3 Å². The van der Waals surface area contributed by atoms with Crippen molar-refractivity contribution in [3.63, 3.8) is 0 Å². The smallest absolute Gasteiger partial charge is 0.139 e. The fourth-order valence-electron chi connectivity index (χ4n) is 3.57. The largest absolute Gasteiger partial charge is 0.510 e. The molecule has 6 heteroatoms. The zero-order valence-electron chi connectivity index (χ0n) is 16.6. The van der Waals surface area contributed by atoms with Gasteiger partial charge in [0.05, 0.1) is 17.8 Å². The number of hydrogen-bond donors (Lipinski definition) is 3. The molecule has 5 rings (SSSR count). The van der Waals surface area contributed by atoms with E-state index in [1.54, 1.807) is 4.90 Å². The molecule has 152 valence electrons. The maximum atomic E-state index is 10.6. The zero-order valence-corrected chi connectivity index (χ0v) is 17.4. The highest BCUT2D eigenvalue weighted by atomic mass is 32.1. The van der Waals surface area contributed by atoms with Crippen molar-refractivity contribution in [2.75, 3.05) is 16.8 Å². The molecule has 4 aromatic rings. The highest BCUT2D eigenvalue weighted by Crippen LogP contribution is 2.34. The van der Waals surface area contributed by atoms with E-state index in [1.807, 2.05) is 90.3 Å². The lowest BCUT2D eigenvalue weighted by Gasteiger charge is -2.19. The maximum Gasteiger partial charge on any atom is 0.139 e. The summed E-state index contributed by atoms with van der Waals surface area (Å²) in [7, 11) is 0. The van der Waals surface area contributed by atoms with Crippen LogP contribution in [0.4, 0.5) is 17.1 Å². The van der Waals surface area contributed by atoms with Crippen LogP contribution in [0.1, 0.15) is 5.01 Å². The number of nitrogens with zero attached hydrogens (tertiary/aromatic N) is 2. The minimum Gasteiger partial charge on any atom is -0.510 e. The number of aromatic nitrogens is 1. The van der Waals surface area contributed by atoms with Gasteiger partial charge in [0.1, 0.15) is 16.6 Å². The molecule has 0 aliphatic carbocycles. The molecule has 0 spiro atoms. The zero-order chi connectivity index (χ0) is 21.2. The van der Waals surface area contributed by atoms with Gasteiger partial charge in [-0.05, 0) is 36.4 Å². The molecule has 0 atom stereocenters. The van der Waals surface area contributed by atoms with Crippen molar-refractivity contribution in [3.05, 3.63) is 101 Å². The van der Waals surface area contributed by atoms with Crippen molar-refractivity contribution in [2.45, 2.75) is 0 Å². The Hall–Kier alpha value is -3.90. The van der Waals surface area contributed by atoms with Crippen LogP contribution >= 0.6 is 11.3 Å². The van der Waals surface area contributed by atoms with E-state index in [9.17, 15) is 5.11 Å². The summed E-state index contributed by atoms with van der Waals surface area (Å²) < 4.78 is 0. The molecule has 2 heterocycles. The van der Waals surface area contributed by atoms with Gasteiger partial charge in [0, 0.05) is 28.0 Å². The SMILES string of the molecule is N=C1C(c2nc(-c3ccccc3)cs2)=C(O)CN1c1ccc(Nc2ccccc2)cc1. The Bertz CT molecular complexity index is 1250. The van der Waals surface area contributed by atoms with Crippen LogP contribution in [0.3, 0.4) is 0 Å². The fourth-order valence-corrected chi connectivity index (χ4v) is 4.46. The van der Waals surface area contributed by atoms with Crippen LogP contribution in [0, 0.1) is 5.41 Å². The molecule has 5 nitrogen and oxygen atoms in total. The third kappa shape index (κ3) is 3.81. The summed E-state index contributed by atoms with van der Waals surface area (Å²) in [5.74, 6) is 0.431. The van der Waals surface area contributed by atoms with Crippen LogP contribution < -0.4 is 10.2 Å². The molecule has 31 heavy (non-hydrogen) atoms. The van der Waals surface area contributed by atoms with Crippen LogP contribution in [-0.4, -0.2) is 22.5 Å². The van der Waals surface area contributed by atoms with Crippen LogP contribution in [0.5, 0.6) is 0 Å². The number of benzene rings is 3. The third-order valence-corrected chi connectivity index (χ3v) is 5.99. The first-order chi connectivity index (χ1) is 15.2. The lowest BCUT2D eigenvalue weighted by Crippen LogP contribution is -2.25. The molecule has 0 radical (unpaired) electrons. The molecule has 1 aromatic heterocycles. The second kappa shape index (κ2) is 8.08. The monoisotopic (exact) mass is 424 g/mol. The summed E-state index contributed by atoms with van der Waals surface area (Å²) in [5, 5.41) is 25.3. The predicted octanol–water partition coefficient (Wildman–Crippen LogP) is 6.32.